The van der Waals surface area contributed by atoms with Gasteiger partial charge in [-0.3, -0.25) is 10.1 Å². The summed E-state index contributed by atoms with van der Waals surface area (Å²) in [4.78, 5) is 4.08. The van der Waals surface area contributed by atoms with Gasteiger partial charge in [0.25, 0.3) is 0 Å². The first-order valence-electron chi connectivity index (χ1n) is 8.63. The minimum atomic E-state index is 1.10. The third kappa shape index (κ3) is 6.54. The number of pyridine rings is 1. The summed E-state index contributed by atoms with van der Waals surface area (Å²) in [6.45, 7) is 16.6. The zero-order valence-electron chi connectivity index (χ0n) is 16.9. The fraction of sp³-hybridized carbons (Fsp3) is 0.364. The molecule has 2 heterocycles. The molecular formula is C22H31N3. The fourth-order valence-electron chi connectivity index (χ4n) is 2.07. The highest BCUT2D eigenvalue weighted by Crippen LogP contribution is 2.10. The average Bonchev–Trinajstić information content (AvgIpc) is 2.88. The van der Waals surface area contributed by atoms with E-state index in [0.717, 1.165) is 11.4 Å². The maximum Gasteiger partial charge on any atom is 0.0623 e. The van der Waals surface area contributed by atoms with Crippen LogP contribution in [0.25, 0.3) is 0 Å². The highest BCUT2D eigenvalue weighted by atomic mass is 15.1. The van der Waals surface area contributed by atoms with E-state index < -0.39 is 0 Å². The van der Waals surface area contributed by atoms with Crippen molar-refractivity contribution in [3.05, 3.63) is 81.4 Å². The summed E-state index contributed by atoms with van der Waals surface area (Å²) < 4.78 is 0. The molecule has 2 aromatic heterocycles. The molecule has 0 aliphatic carbocycles. The first kappa shape index (κ1) is 20.6. The van der Waals surface area contributed by atoms with Gasteiger partial charge in [0.2, 0.25) is 0 Å². The summed E-state index contributed by atoms with van der Waals surface area (Å²) in [5.41, 5.74) is 10.1. The molecule has 3 aromatic rings. The lowest BCUT2D eigenvalue weighted by molar-refractivity contribution is 1.02. The second-order valence-corrected chi connectivity index (χ2v) is 6.48. The van der Waals surface area contributed by atoms with Crippen LogP contribution in [0, 0.1) is 55.4 Å². The number of aromatic nitrogens is 3. The van der Waals surface area contributed by atoms with Crippen molar-refractivity contribution in [2.45, 2.75) is 55.4 Å². The first-order valence-corrected chi connectivity index (χ1v) is 8.63. The summed E-state index contributed by atoms with van der Waals surface area (Å²) in [7, 11) is 0. The van der Waals surface area contributed by atoms with E-state index in [1.54, 1.807) is 0 Å². The molecular weight excluding hydrogens is 306 g/mol. The monoisotopic (exact) mass is 337 g/mol. The Kier molecular flexibility index (Phi) is 8.06. The fourth-order valence-corrected chi connectivity index (χ4v) is 2.07. The molecule has 0 radical (unpaired) electrons. The third-order valence-corrected chi connectivity index (χ3v) is 4.64. The van der Waals surface area contributed by atoms with Crippen LogP contribution in [0.15, 0.2) is 36.5 Å². The van der Waals surface area contributed by atoms with Gasteiger partial charge in [-0.25, -0.2) is 0 Å². The number of aromatic amines is 1. The van der Waals surface area contributed by atoms with Gasteiger partial charge in [0.15, 0.2) is 0 Å². The average molecular weight is 338 g/mol. The van der Waals surface area contributed by atoms with Crippen LogP contribution >= 0.6 is 0 Å². The van der Waals surface area contributed by atoms with Gasteiger partial charge >= 0.3 is 0 Å². The number of hydrogen-bond donors (Lipinski definition) is 1. The molecule has 0 saturated carbocycles. The molecule has 3 heteroatoms. The van der Waals surface area contributed by atoms with Crippen molar-refractivity contribution in [1.29, 1.82) is 0 Å². The smallest absolute Gasteiger partial charge is 0.0623 e. The Morgan fingerprint density at radius 3 is 1.48 bits per heavy atom. The minimum absolute atomic E-state index is 1.10. The number of rotatable bonds is 0. The number of H-pyrrole nitrogens is 1. The van der Waals surface area contributed by atoms with Crippen LogP contribution in [-0.4, -0.2) is 15.2 Å². The molecule has 134 valence electrons. The molecule has 0 atom stereocenters. The lowest BCUT2D eigenvalue weighted by Crippen LogP contribution is -1.82. The predicted molar refractivity (Wildman–Crippen MR) is 107 cm³/mol. The molecule has 0 saturated heterocycles. The van der Waals surface area contributed by atoms with Crippen LogP contribution in [0.4, 0.5) is 0 Å². The number of nitrogens with zero attached hydrogens (tertiary/aromatic N) is 2. The molecule has 25 heavy (non-hydrogen) atoms. The van der Waals surface area contributed by atoms with Gasteiger partial charge in [0.05, 0.1) is 5.69 Å². The lowest BCUT2D eigenvalue weighted by Gasteiger charge is -2.00. The molecule has 3 rings (SSSR count). The van der Waals surface area contributed by atoms with E-state index in [2.05, 4.69) is 74.1 Å². The molecule has 0 aliphatic heterocycles. The third-order valence-electron chi connectivity index (χ3n) is 4.64. The largest absolute Gasteiger partial charge is 0.282 e. The SMILES string of the molecule is Cc1cccc(C)c1C.Cc1cccnc1C.Cc1n[nH]c(C)c1C. The Bertz CT molecular complexity index is 740. The zero-order valence-corrected chi connectivity index (χ0v) is 16.9. The molecule has 3 nitrogen and oxygen atoms in total. The predicted octanol–water partition coefficient (Wildman–Crippen LogP) is 5.65. The van der Waals surface area contributed by atoms with Crippen LogP contribution in [0.5, 0.6) is 0 Å². The molecule has 1 aromatic carbocycles. The Morgan fingerprint density at radius 2 is 1.20 bits per heavy atom. The van der Waals surface area contributed by atoms with Gasteiger partial charge in [-0.1, -0.05) is 24.3 Å². The number of hydrogen-bond acceptors (Lipinski definition) is 2. The van der Waals surface area contributed by atoms with Crippen LogP contribution in [0.1, 0.15) is 44.9 Å². The second-order valence-electron chi connectivity index (χ2n) is 6.48. The highest BCUT2D eigenvalue weighted by molar-refractivity contribution is 5.31. The van der Waals surface area contributed by atoms with Crippen molar-refractivity contribution in [2.24, 2.45) is 0 Å². The van der Waals surface area contributed by atoms with Gasteiger partial charge in [-0.2, -0.15) is 5.10 Å². The molecule has 0 aliphatic rings. The molecule has 1 N–H and O–H groups in total. The topological polar surface area (TPSA) is 41.6 Å². The van der Waals surface area contributed by atoms with E-state index in [9.17, 15) is 0 Å². The Balaban J connectivity index is 0.000000188. The maximum atomic E-state index is 4.08. The molecule has 0 unspecified atom stereocenters. The van der Waals surface area contributed by atoms with Crippen LogP contribution in [-0.2, 0) is 0 Å². The van der Waals surface area contributed by atoms with E-state index in [1.165, 1.54) is 33.5 Å². The van der Waals surface area contributed by atoms with Crippen LogP contribution in [0.3, 0.4) is 0 Å². The first-order chi connectivity index (χ1) is 11.7. The summed E-state index contributed by atoms with van der Waals surface area (Å²) in [6.07, 6.45) is 1.81. The van der Waals surface area contributed by atoms with Gasteiger partial charge in [-0.15, -0.1) is 0 Å². The molecule has 0 fully saturated rings. The van der Waals surface area contributed by atoms with Gasteiger partial charge in [0.1, 0.15) is 0 Å². The van der Waals surface area contributed by atoms with Crippen LogP contribution in [0.2, 0.25) is 0 Å². The van der Waals surface area contributed by atoms with Crippen LogP contribution < -0.4 is 0 Å². The molecule has 0 spiro atoms. The maximum absolute atomic E-state index is 4.08. The van der Waals surface area contributed by atoms with Gasteiger partial charge < -0.3 is 0 Å². The zero-order chi connectivity index (χ0) is 19.0. The number of nitrogens with one attached hydrogen (secondary N) is 1. The lowest BCUT2D eigenvalue weighted by atomic mass is 10.1. The van der Waals surface area contributed by atoms with E-state index in [1.807, 2.05) is 33.0 Å². The minimum Gasteiger partial charge on any atom is -0.282 e. The number of benzene rings is 1. The Hall–Kier alpha value is -2.42. The quantitative estimate of drug-likeness (QED) is 0.576. The Morgan fingerprint density at radius 1 is 0.640 bits per heavy atom. The van der Waals surface area contributed by atoms with Crippen molar-refractivity contribution < 1.29 is 0 Å². The van der Waals surface area contributed by atoms with Gasteiger partial charge in [0, 0.05) is 17.6 Å². The van der Waals surface area contributed by atoms with E-state index in [-0.39, 0.29) is 0 Å². The second kappa shape index (κ2) is 9.77. The summed E-state index contributed by atoms with van der Waals surface area (Å²) in [6, 6.07) is 10.4. The standard InChI is InChI=1S/C9H12.C7H9N.C6H10N2/c1-7-5-4-6-8(2)9(7)3;1-6-4-3-5-8-7(6)2;1-4-5(2)7-8-6(4)3/h4-6H,1-3H3;3-5H,1-2H3;1-3H3,(H,7,8). The normalized spacial score (nSPS) is 9.60. The van der Waals surface area contributed by atoms with Gasteiger partial charge in [-0.05, 0) is 89.3 Å². The van der Waals surface area contributed by atoms with E-state index >= 15 is 0 Å². The summed E-state index contributed by atoms with van der Waals surface area (Å²) >= 11 is 0. The molecule has 0 bridgehead atoms. The van der Waals surface area contributed by atoms with Crippen molar-refractivity contribution in [3.8, 4) is 0 Å². The number of aryl methyl sites for hydroxylation is 6. The van der Waals surface area contributed by atoms with Crippen molar-refractivity contribution in [2.75, 3.05) is 0 Å². The summed E-state index contributed by atoms with van der Waals surface area (Å²) in [5.74, 6) is 0. The Labute approximate surface area is 152 Å². The highest BCUT2D eigenvalue weighted by Gasteiger charge is 1.96. The molecule has 0 amide bonds. The van der Waals surface area contributed by atoms with Crippen molar-refractivity contribution in [3.63, 3.8) is 0 Å². The van der Waals surface area contributed by atoms with E-state index in [4.69, 9.17) is 0 Å². The van der Waals surface area contributed by atoms with E-state index in [0.29, 0.717) is 0 Å². The van der Waals surface area contributed by atoms with Crippen molar-refractivity contribution >= 4 is 0 Å². The van der Waals surface area contributed by atoms with Crippen molar-refractivity contribution in [1.82, 2.24) is 15.2 Å². The summed E-state index contributed by atoms with van der Waals surface area (Å²) in [5, 5.41) is 6.88.